The number of nitrogens with zero attached hydrogens (tertiary/aromatic N) is 2. The van der Waals surface area contributed by atoms with Gasteiger partial charge < -0.3 is 10.6 Å². The molecule has 1 unspecified atom stereocenters. The molecule has 2 heterocycles. The van der Waals surface area contributed by atoms with Crippen molar-refractivity contribution in [3.05, 3.63) is 16.1 Å². The quantitative estimate of drug-likeness (QED) is 0.656. The van der Waals surface area contributed by atoms with Crippen LogP contribution < -0.4 is 10.6 Å². The molecule has 18 heavy (non-hydrogen) atoms. The van der Waals surface area contributed by atoms with Gasteiger partial charge in [0.05, 0.1) is 11.6 Å². The fourth-order valence-electron chi connectivity index (χ4n) is 1.89. The molecule has 0 aromatic carbocycles. The number of hydrogen-bond acceptors (Lipinski definition) is 4. The molecule has 0 spiro atoms. The Balaban J connectivity index is 1.72. The molecular weight excluding hydrogens is 264 g/mol. The predicted molar refractivity (Wildman–Crippen MR) is 80.5 cm³/mol. The summed E-state index contributed by atoms with van der Waals surface area (Å²) in [7, 11) is 1.81. The molecule has 1 saturated heterocycles. The Hall–Kier alpha value is -0.750. The van der Waals surface area contributed by atoms with Crippen LogP contribution in [-0.4, -0.2) is 35.5 Å². The van der Waals surface area contributed by atoms with Crippen LogP contribution in [0.3, 0.4) is 0 Å². The maximum absolute atomic E-state index is 4.24. The lowest BCUT2D eigenvalue weighted by Gasteiger charge is -2.14. The van der Waals surface area contributed by atoms with Gasteiger partial charge in [-0.25, -0.2) is 4.98 Å². The third-order valence-corrected chi connectivity index (χ3v) is 5.15. The fourth-order valence-corrected chi connectivity index (χ4v) is 3.83. The molecular formula is C12H20N4S2. The molecule has 4 nitrogen and oxygen atoms in total. The van der Waals surface area contributed by atoms with Gasteiger partial charge in [-0.05, 0) is 25.5 Å². The van der Waals surface area contributed by atoms with Crippen LogP contribution in [0.1, 0.15) is 22.7 Å². The third-order valence-electron chi connectivity index (χ3n) is 2.84. The molecule has 0 aliphatic carbocycles. The lowest BCUT2D eigenvalue weighted by Crippen LogP contribution is -2.39. The average Bonchev–Trinajstić information content (AvgIpc) is 3.01. The molecule has 1 aromatic rings. The van der Waals surface area contributed by atoms with Crippen molar-refractivity contribution in [1.29, 1.82) is 0 Å². The zero-order valence-corrected chi connectivity index (χ0v) is 12.5. The van der Waals surface area contributed by atoms with Crippen LogP contribution in [0.25, 0.3) is 0 Å². The smallest absolute Gasteiger partial charge is 0.191 e. The Labute approximate surface area is 117 Å². The van der Waals surface area contributed by atoms with E-state index >= 15 is 0 Å². The van der Waals surface area contributed by atoms with Crippen molar-refractivity contribution in [2.45, 2.75) is 31.6 Å². The largest absolute Gasteiger partial charge is 0.355 e. The van der Waals surface area contributed by atoms with E-state index in [9.17, 15) is 0 Å². The van der Waals surface area contributed by atoms with Gasteiger partial charge in [-0.15, -0.1) is 11.3 Å². The first-order chi connectivity index (χ1) is 8.78. The summed E-state index contributed by atoms with van der Waals surface area (Å²) in [5.41, 5.74) is 0. The summed E-state index contributed by atoms with van der Waals surface area (Å²) in [5.74, 6) is 2.19. The summed E-state index contributed by atoms with van der Waals surface area (Å²) in [5, 5.41) is 8.57. The topological polar surface area (TPSA) is 49.3 Å². The molecule has 0 amide bonds. The van der Waals surface area contributed by atoms with Crippen molar-refractivity contribution in [2.75, 3.05) is 19.3 Å². The molecule has 1 aliphatic rings. The van der Waals surface area contributed by atoms with Gasteiger partial charge in [0.2, 0.25) is 0 Å². The monoisotopic (exact) mass is 284 g/mol. The Morgan fingerprint density at radius 1 is 1.56 bits per heavy atom. The maximum atomic E-state index is 4.24. The highest BCUT2D eigenvalue weighted by atomic mass is 32.2. The number of nitrogens with one attached hydrogen (secondary N) is 2. The van der Waals surface area contributed by atoms with Crippen LogP contribution in [0.4, 0.5) is 0 Å². The van der Waals surface area contributed by atoms with Crippen molar-refractivity contribution in [3.8, 4) is 0 Å². The van der Waals surface area contributed by atoms with Crippen LogP contribution in [0.5, 0.6) is 0 Å². The second-order valence-electron chi connectivity index (χ2n) is 4.29. The van der Waals surface area contributed by atoms with Crippen LogP contribution >= 0.6 is 23.1 Å². The van der Waals surface area contributed by atoms with E-state index < -0.39 is 0 Å². The molecule has 6 heteroatoms. The molecule has 2 rings (SSSR count). The summed E-state index contributed by atoms with van der Waals surface area (Å²) in [4.78, 5) is 9.73. The number of aliphatic imine (C=N–C) groups is 1. The van der Waals surface area contributed by atoms with Crippen LogP contribution in [-0.2, 0) is 6.54 Å². The minimum Gasteiger partial charge on any atom is -0.355 e. The molecule has 0 bridgehead atoms. The second-order valence-corrected chi connectivity index (χ2v) is 7.01. The molecule has 0 radical (unpaired) electrons. The van der Waals surface area contributed by atoms with Gasteiger partial charge in [-0.1, -0.05) is 0 Å². The molecule has 2 N–H and O–H groups in total. The lowest BCUT2D eigenvalue weighted by atomic mass is 10.2. The summed E-state index contributed by atoms with van der Waals surface area (Å²) in [6.45, 7) is 3.83. The minimum atomic E-state index is 0.745. The van der Waals surface area contributed by atoms with Crippen molar-refractivity contribution >= 4 is 29.1 Å². The van der Waals surface area contributed by atoms with Crippen LogP contribution in [0.2, 0.25) is 0 Å². The average molecular weight is 284 g/mol. The van der Waals surface area contributed by atoms with Gasteiger partial charge >= 0.3 is 0 Å². The highest BCUT2D eigenvalue weighted by molar-refractivity contribution is 8.00. The molecule has 1 aromatic heterocycles. The van der Waals surface area contributed by atoms with Gasteiger partial charge in [0.15, 0.2) is 5.96 Å². The summed E-state index contributed by atoms with van der Waals surface area (Å²) < 4.78 is 0. The van der Waals surface area contributed by atoms with E-state index in [2.05, 4.69) is 32.4 Å². The Bertz CT molecular complexity index is 397. The predicted octanol–water partition coefficient (Wildman–Crippen LogP) is 2.01. The number of hydrogen-bond donors (Lipinski definition) is 2. The minimum absolute atomic E-state index is 0.745. The molecule has 0 saturated carbocycles. The third kappa shape index (κ3) is 4.17. The van der Waals surface area contributed by atoms with Gasteiger partial charge in [0, 0.05) is 29.9 Å². The molecule has 1 aliphatic heterocycles. The Morgan fingerprint density at radius 3 is 3.06 bits per heavy atom. The van der Waals surface area contributed by atoms with E-state index in [0.29, 0.717) is 0 Å². The second kappa shape index (κ2) is 6.99. The van der Waals surface area contributed by atoms with Gasteiger partial charge in [0.25, 0.3) is 0 Å². The number of rotatable bonds is 4. The van der Waals surface area contributed by atoms with Crippen molar-refractivity contribution in [1.82, 2.24) is 15.6 Å². The molecule has 100 valence electrons. The standard InChI is InChI=1S/C12H20N4S2/c1-9-14-7-11(18-9)8-16-12(13-2)15-6-10-4-3-5-17-10/h7,10H,3-6,8H2,1-2H3,(H2,13,15,16). The zero-order chi connectivity index (χ0) is 12.8. The lowest BCUT2D eigenvalue weighted by molar-refractivity contribution is 0.727. The number of aryl methyl sites for hydroxylation is 1. The van der Waals surface area contributed by atoms with E-state index in [1.807, 2.05) is 20.2 Å². The molecule has 1 atom stereocenters. The summed E-state index contributed by atoms with van der Waals surface area (Å²) in [6, 6.07) is 0. The highest BCUT2D eigenvalue weighted by Crippen LogP contribution is 2.25. The van der Waals surface area contributed by atoms with E-state index in [0.717, 1.165) is 29.3 Å². The maximum Gasteiger partial charge on any atom is 0.191 e. The van der Waals surface area contributed by atoms with Crippen molar-refractivity contribution in [2.24, 2.45) is 4.99 Å². The fraction of sp³-hybridized carbons (Fsp3) is 0.667. The first kappa shape index (κ1) is 13.7. The SMILES string of the molecule is CN=C(NCc1cnc(C)s1)NCC1CCCS1. The highest BCUT2D eigenvalue weighted by Gasteiger charge is 2.15. The Morgan fingerprint density at radius 2 is 2.44 bits per heavy atom. The van der Waals surface area contributed by atoms with Crippen LogP contribution in [0, 0.1) is 6.92 Å². The van der Waals surface area contributed by atoms with Crippen molar-refractivity contribution in [3.63, 3.8) is 0 Å². The van der Waals surface area contributed by atoms with E-state index in [4.69, 9.17) is 0 Å². The van der Waals surface area contributed by atoms with Crippen LogP contribution in [0.15, 0.2) is 11.2 Å². The molecule has 1 fully saturated rings. The summed E-state index contributed by atoms with van der Waals surface area (Å²) in [6.07, 6.45) is 4.60. The Kier molecular flexibility index (Phi) is 5.31. The number of guanidine groups is 1. The number of thiazole rings is 1. The van der Waals surface area contributed by atoms with E-state index in [1.54, 1.807) is 11.3 Å². The first-order valence-corrected chi connectivity index (χ1v) is 8.12. The van der Waals surface area contributed by atoms with E-state index in [1.165, 1.54) is 23.5 Å². The van der Waals surface area contributed by atoms with Gasteiger partial charge in [-0.3, -0.25) is 4.99 Å². The summed E-state index contributed by atoms with van der Waals surface area (Å²) >= 11 is 3.78. The van der Waals surface area contributed by atoms with Gasteiger partial charge in [-0.2, -0.15) is 11.8 Å². The number of thioether (sulfide) groups is 1. The normalized spacial score (nSPS) is 20.1. The first-order valence-electron chi connectivity index (χ1n) is 6.25. The van der Waals surface area contributed by atoms with E-state index in [-0.39, 0.29) is 0 Å². The number of aromatic nitrogens is 1. The van der Waals surface area contributed by atoms with Crippen molar-refractivity contribution < 1.29 is 0 Å². The van der Waals surface area contributed by atoms with Gasteiger partial charge in [0.1, 0.15) is 0 Å². The zero-order valence-electron chi connectivity index (χ0n) is 10.9.